The lowest BCUT2D eigenvalue weighted by Crippen LogP contribution is -1.88. The SMILES string of the molecule is CCc1sc(-c2cc(F)cc(Cl)c2)nc1-c1n[nH]nc1C#N. The summed E-state index contributed by atoms with van der Waals surface area (Å²) in [5.74, 6) is -0.420. The van der Waals surface area contributed by atoms with Gasteiger partial charge in [0.25, 0.3) is 0 Å². The van der Waals surface area contributed by atoms with Crippen molar-refractivity contribution in [3.8, 4) is 28.0 Å². The Hall–Kier alpha value is -2.30. The third kappa shape index (κ3) is 2.58. The van der Waals surface area contributed by atoms with Gasteiger partial charge in [0.15, 0.2) is 11.4 Å². The molecule has 2 aromatic heterocycles. The molecule has 0 bridgehead atoms. The molecule has 0 aliphatic rings. The first-order valence-electron chi connectivity index (χ1n) is 6.39. The van der Waals surface area contributed by atoms with E-state index in [4.69, 9.17) is 16.9 Å². The second kappa shape index (κ2) is 5.83. The maximum Gasteiger partial charge on any atom is 0.192 e. The number of hydrogen-bond donors (Lipinski definition) is 1. The van der Waals surface area contributed by atoms with Crippen molar-refractivity contribution in [3.63, 3.8) is 0 Å². The monoisotopic (exact) mass is 333 g/mol. The minimum Gasteiger partial charge on any atom is -0.234 e. The number of nitrogens with zero attached hydrogens (tertiary/aromatic N) is 4. The quantitative estimate of drug-likeness (QED) is 0.790. The fourth-order valence-electron chi connectivity index (χ4n) is 2.05. The molecule has 0 atom stereocenters. The number of nitrogens with one attached hydrogen (secondary N) is 1. The minimum atomic E-state index is -0.420. The summed E-state index contributed by atoms with van der Waals surface area (Å²) in [5.41, 5.74) is 1.78. The van der Waals surface area contributed by atoms with E-state index < -0.39 is 5.82 Å². The second-order valence-electron chi connectivity index (χ2n) is 4.44. The predicted octanol–water partition coefficient (Wildman–Crippen LogP) is 3.82. The van der Waals surface area contributed by atoms with E-state index in [9.17, 15) is 4.39 Å². The number of aromatic nitrogens is 4. The van der Waals surface area contributed by atoms with Crippen molar-refractivity contribution >= 4 is 22.9 Å². The first kappa shape index (κ1) is 14.6. The Morgan fingerprint density at radius 1 is 1.32 bits per heavy atom. The highest BCUT2D eigenvalue weighted by Gasteiger charge is 2.19. The molecule has 8 heteroatoms. The highest BCUT2D eigenvalue weighted by Crippen LogP contribution is 2.35. The van der Waals surface area contributed by atoms with Gasteiger partial charge in [0, 0.05) is 15.5 Å². The first-order valence-corrected chi connectivity index (χ1v) is 7.59. The van der Waals surface area contributed by atoms with Gasteiger partial charge in [-0.15, -0.1) is 16.4 Å². The standard InChI is InChI=1S/C14H9ClFN5S/c1-2-11-13(12-10(6-17)19-21-20-12)18-14(22-11)7-3-8(15)5-9(16)4-7/h3-5H,2H2,1H3,(H,19,20,21). The van der Waals surface area contributed by atoms with Crippen LogP contribution < -0.4 is 0 Å². The van der Waals surface area contributed by atoms with Crippen LogP contribution in [-0.2, 0) is 6.42 Å². The maximum atomic E-state index is 13.5. The average molecular weight is 334 g/mol. The van der Waals surface area contributed by atoms with Gasteiger partial charge in [0.05, 0.1) is 0 Å². The zero-order chi connectivity index (χ0) is 15.7. The van der Waals surface area contributed by atoms with Crippen LogP contribution in [0.2, 0.25) is 5.02 Å². The van der Waals surface area contributed by atoms with Crippen molar-refractivity contribution in [1.29, 1.82) is 5.26 Å². The molecule has 2 heterocycles. The Morgan fingerprint density at radius 2 is 2.14 bits per heavy atom. The summed E-state index contributed by atoms with van der Waals surface area (Å²) in [6.07, 6.45) is 0.716. The van der Waals surface area contributed by atoms with E-state index in [1.54, 1.807) is 6.07 Å². The molecule has 0 fully saturated rings. The summed E-state index contributed by atoms with van der Waals surface area (Å²) < 4.78 is 13.5. The molecule has 0 aliphatic heterocycles. The number of thiazole rings is 1. The smallest absolute Gasteiger partial charge is 0.192 e. The lowest BCUT2D eigenvalue weighted by molar-refractivity contribution is 0.628. The number of hydrogen-bond acceptors (Lipinski definition) is 5. The number of nitriles is 1. The summed E-state index contributed by atoms with van der Waals surface area (Å²) in [4.78, 5) is 5.45. The van der Waals surface area contributed by atoms with Gasteiger partial charge in [0.1, 0.15) is 22.6 Å². The molecule has 5 nitrogen and oxygen atoms in total. The van der Waals surface area contributed by atoms with Crippen molar-refractivity contribution < 1.29 is 4.39 Å². The number of H-pyrrole nitrogens is 1. The molecule has 0 saturated carbocycles. The molecule has 0 unspecified atom stereocenters. The molecule has 1 aromatic carbocycles. The van der Waals surface area contributed by atoms with Gasteiger partial charge in [-0.3, -0.25) is 0 Å². The van der Waals surface area contributed by atoms with Gasteiger partial charge in [-0.25, -0.2) is 9.37 Å². The van der Waals surface area contributed by atoms with E-state index in [0.717, 1.165) is 4.88 Å². The van der Waals surface area contributed by atoms with Crippen molar-refractivity contribution in [2.45, 2.75) is 13.3 Å². The van der Waals surface area contributed by atoms with E-state index in [1.807, 2.05) is 13.0 Å². The van der Waals surface area contributed by atoms with E-state index in [1.165, 1.54) is 23.5 Å². The molecule has 3 rings (SSSR count). The summed E-state index contributed by atoms with van der Waals surface area (Å²) >= 11 is 7.31. The highest BCUT2D eigenvalue weighted by molar-refractivity contribution is 7.15. The van der Waals surface area contributed by atoms with Crippen molar-refractivity contribution in [2.75, 3.05) is 0 Å². The zero-order valence-electron chi connectivity index (χ0n) is 11.4. The second-order valence-corrected chi connectivity index (χ2v) is 5.96. The lowest BCUT2D eigenvalue weighted by Gasteiger charge is -1.98. The Balaban J connectivity index is 2.15. The lowest BCUT2D eigenvalue weighted by atomic mass is 10.2. The van der Waals surface area contributed by atoms with Gasteiger partial charge < -0.3 is 0 Å². The van der Waals surface area contributed by atoms with Crippen LogP contribution in [0.25, 0.3) is 22.0 Å². The van der Waals surface area contributed by atoms with E-state index >= 15 is 0 Å². The van der Waals surface area contributed by atoms with Crippen LogP contribution in [0.15, 0.2) is 18.2 Å². The zero-order valence-corrected chi connectivity index (χ0v) is 13.0. The van der Waals surface area contributed by atoms with Crippen LogP contribution in [0.5, 0.6) is 0 Å². The third-order valence-electron chi connectivity index (χ3n) is 3.01. The predicted molar refractivity (Wildman–Crippen MR) is 82.0 cm³/mol. The number of benzene rings is 1. The van der Waals surface area contributed by atoms with Crippen LogP contribution in [0.1, 0.15) is 17.5 Å². The molecule has 1 N–H and O–H groups in total. The number of halogens is 2. The Kier molecular flexibility index (Phi) is 3.88. The maximum absolute atomic E-state index is 13.5. The number of rotatable bonds is 3. The van der Waals surface area contributed by atoms with E-state index in [-0.39, 0.29) is 5.69 Å². The molecule has 3 aromatic rings. The van der Waals surface area contributed by atoms with Crippen LogP contribution in [0, 0.1) is 17.1 Å². The third-order valence-corrected chi connectivity index (χ3v) is 4.47. The Morgan fingerprint density at radius 3 is 2.82 bits per heavy atom. The van der Waals surface area contributed by atoms with Gasteiger partial charge in [-0.1, -0.05) is 18.5 Å². The molecule has 110 valence electrons. The van der Waals surface area contributed by atoms with Crippen molar-refractivity contribution in [2.24, 2.45) is 0 Å². The van der Waals surface area contributed by atoms with Gasteiger partial charge in [-0.05, 0) is 24.6 Å². The van der Waals surface area contributed by atoms with Gasteiger partial charge >= 0.3 is 0 Å². The fourth-order valence-corrected chi connectivity index (χ4v) is 3.26. The topological polar surface area (TPSA) is 78.2 Å². The molecule has 22 heavy (non-hydrogen) atoms. The Labute approximate surface area is 134 Å². The largest absolute Gasteiger partial charge is 0.234 e. The van der Waals surface area contributed by atoms with Gasteiger partial charge in [-0.2, -0.15) is 15.6 Å². The summed E-state index contributed by atoms with van der Waals surface area (Å²) in [7, 11) is 0. The molecule has 0 radical (unpaired) electrons. The first-order chi connectivity index (χ1) is 10.6. The van der Waals surface area contributed by atoms with E-state index in [0.29, 0.717) is 33.4 Å². The van der Waals surface area contributed by atoms with Crippen molar-refractivity contribution in [3.05, 3.63) is 39.6 Å². The Bertz CT molecular complexity index is 859. The summed E-state index contributed by atoms with van der Waals surface area (Å²) in [6, 6.07) is 6.24. The van der Waals surface area contributed by atoms with E-state index in [2.05, 4.69) is 20.4 Å². The van der Waals surface area contributed by atoms with Crippen molar-refractivity contribution in [1.82, 2.24) is 20.4 Å². The normalized spacial score (nSPS) is 10.6. The summed E-state index contributed by atoms with van der Waals surface area (Å²) in [5, 5.41) is 20.2. The summed E-state index contributed by atoms with van der Waals surface area (Å²) in [6.45, 7) is 1.98. The molecule has 0 spiro atoms. The minimum absolute atomic E-state index is 0.184. The average Bonchev–Trinajstić information content (AvgIpc) is 3.11. The van der Waals surface area contributed by atoms with Crippen LogP contribution >= 0.6 is 22.9 Å². The van der Waals surface area contributed by atoms with Crippen LogP contribution in [0.4, 0.5) is 4.39 Å². The number of aryl methyl sites for hydroxylation is 1. The fraction of sp³-hybridized carbons (Fsp3) is 0.143. The molecule has 0 saturated heterocycles. The van der Waals surface area contributed by atoms with Crippen LogP contribution in [0.3, 0.4) is 0 Å². The molecule has 0 amide bonds. The van der Waals surface area contributed by atoms with Gasteiger partial charge in [0.2, 0.25) is 0 Å². The van der Waals surface area contributed by atoms with Crippen LogP contribution in [-0.4, -0.2) is 20.4 Å². The molecule has 0 aliphatic carbocycles. The molecular formula is C14H9ClFN5S. The number of aromatic amines is 1. The molecular weight excluding hydrogens is 325 g/mol. The highest BCUT2D eigenvalue weighted by atomic mass is 35.5.